The Morgan fingerprint density at radius 2 is 2.09 bits per heavy atom. The fourth-order valence-corrected chi connectivity index (χ4v) is 2.08. The van der Waals surface area contributed by atoms with E-state index in [4.69, 9.17) is 19.3 Å². The van der Waals surface area contributed by atoms with Gasteiger partial charge in [-0.15, -0.1) is 0 Å². The standard InChI is InChI=1S/C15H18O8/c1-21-10-6-8(2-4-9(10)17)3-5-12(18)23-15-14(20)13(19)11(7-16)22-15/h2-6,11,13-17,19-20H,7H2,1H3. The van der Waals surface area contributed by atoms with Gasteiger partial charge in [0.15, 0.2) is 11.5 Å². The smallest absolute Gasteiger partial charge is 0.333 e. The highest BCUT2D eigenvalue weighted by molar-refractivity contribution is 5.87. The van der Waals surface area contributed by atoms with Gasteiger partial charge in [-0.2, -0.15) is 0 Å². The summed E-state index contributed by atoms with van der Waals surface area (Å²) in [6.45, 7) is -0.505. The number of phenols is 1. The normalized spacial score (nSPS) is 27.3. The number of aromatic hydroxyl groups is 1. The number of aliphatic hydroxyl groups excluding tert-OH is 3. The number of aliphatic hydroxyl groups is 3. The lowest BCUT2D eigenvalue weighted by Gasteiger charge is -2.13. The predicted octanol–water partition coefficient (Wildman–Crippen LogP) is -0.604. The molecule has 4 atom stereocenters. The third kappa shape index (κ3) is 3.99. The Balaban J connectivity index is 1.97. The van der Waals surface area contributed by atoms with Gasteiger partial charge in [-0.05, 0) is 23.8 Å². The van der Waals surface area contributed by atoms with Crippen LogP contribution in [0.5, 0.6) is 11.5 Å². The zero-order valence-electron chi connectivity index (χ0n) is 12.3. The van der Waals surface area contributed by atoms with Crippen molar-refractivity contribution in [1.82, 2.24) is 0 Å². The molecule has 0 bridgehead atoms. The summed E-state index contributed by atoms with van der Waals surface area (Å²) in [6.07, 6.45) is -2.60. The molecule has 1 heterocycles. The predicted molar refractivity (Wildman–Crippen MR) is 77.5 cm³/mol. The van der Waals surface area contributed by atoms with Crippen molar-refractivity contribution in [2.45, 2.75) is 24.6 Å². The second kappa shape index (κ2) is 7.42. The van der Waals surface area contributed by atoms with E-state index in [1.807, 2.05) is 0 Å². The molecule has 2 rings (SSSR count). The SMILES string of the molecule is COc1cc(C=CC(=O)OC2OC(CO)C(O)C2O)ccc1O. The molecule has 0 aliphatic carbocycles. The highest BCUT2D eigenvalue weighted by atomic mass is 16.7. The van der Waals surface area contributed by atoms with Crippen LogP contribution in [-0.4, -0.2) is 64.7 Å². The van der Waals surface area contributed by atoms with E-state index in [2.05, 4.69) is 0 Å². The molecule has 1 fully saturated rings. The van der Waals surface area contributed by atoms with Gasteiger partial charge in [-0.3, -0.25) is 0 Å². The zero-order valence-corrected chi connectivity index (χ0v) is 12.3. The summed E-state index contributed by atoms with van der Waals surface area (Å²) in [5, 5.41) is 37.6. The molecule has 4 unspecified atom stereocenters. The molecule has 0 spiro atoms. The fourth-order valence-electron chi connectivity index (χ4n) is 2.08. The maximum absolute atomic E-state index is 11.7. The minimum atomic E-state index is -1.43. The molecule has 0 amide bonds. The summed E-state index contributed by atoms with van der Waals surface area (Å²) in [5.41, 5.74) is 0.581. The number of rotatable bonds is 5. The van der Waals surface area contributed by atoms with E-state index in [-0.39, 0.29) is 11.5 Å². The second-order valence-corrected chi connectivity index (χ2v) is 4.91. The Hall–Kier alpha value is -2.13. The minimum Gasteiger partial charge on any atom is -0.504 e. The van der Waals surface area contributed by atoms with Crippen molar-refractivity contribution >= 4 is 12.0 Å². The van der Waals surface area contributed by atoms with Crippen molar-refractivity contribution in [2.24, 2.45) is 0 Å². The number of esters is 1. The summed E-state index contributed by atoms with van der Waals surface area (Å²) < 4.78 is 14.9. The maximum Gasteiger partial charge on any atom is 0.333 e. The number of hydrogen-bond acceptors (Lipinski definition) is 8. The maximum atomic E-state index is 11.7. The number of benzene rings is 1. The van der Waals surface area contributed by atoms with Crippen LogP contribution < -0.4 is 4.74 Å². The fraction of sp³-hybridized carbons (Fsp3) is 0.400. The van der Waals surface area contributed by atoms with Crippen molar-refractivity contribution < 1.29 is 39.4 Å². The van der Waals surface area contributed by atoms with Gasteiger partial charge < -0.3 is 34.6 Å². The van der Waals surface area contributed by atoms with E-state index in [0.717, 1.165) is 6.08 Å². The lowest BCUT2D eigenvalue weighted by Crippen LogP contribution is -2.35. The lowest BCUT2D eigenvalue weighted by atomic mass is 10.1. The van der Waals surface area contributed by atoms with Crippen LogP contribution in [0.4, 0.5) is 0 Å². The molecule has 1 aliphatic rings. The summed E-state index contributed by atoms with van der Waals surface area (Å²) in [5.74, 6) is -0.574. The van der Waals surface area contributed by atoms with Gasteiger partial charge >= 0.3 is 5.97 Å². The van der Waals surface area contributed by atoms with Gasteiger partial charge in [-0.1, -0.05) is 6.07 Å². The number of ether oxygens (including phenoxy) is 3. The second-order valence-electron chi connectivity index (χ2n) is 4.91. The molecule has 0 aromatic heterocycles. The van der Waals surface area contributed by atoms with Crippen molar-refractivity contribution in [1.29, 1.82) is 0 Å². The molecule has 126 valence electrons. The first-order valence-electron chi connectivity index (χ1n) is 6.84. The van der Waals surface area contributed by atoms with Crippen LogP contribution in [0.3, 0.4) is 0 Å². The highest BCUT2D eigenvalue weighted by Gasteiger charge is 2.44. The van der Waals surface area contributed by atoms with Crippen LogP contribution in [0.25, 0.3) is 6.08 Å². The zero-order chi connectivity index (χ0) is 17.0. The van der Waals surface area contributed by atoms with Crippen molar-refractivity contribution in [3.8, 4) is 11.5 Å². The molecule has 0 saturated carbocycles. The van der Waals surface area contributed by atoms with Crippen LogP contribution in [-0.2, 0) is 14.3 Å². The van der Waals surface area contributed by atoms with E-state index in [9.17, 15) is 20.1 Å². The number of carbonyl (C=O) groups excluding carboxylic acids is 1. The van der Waals surface area contributed by atoms with Crippen molar-refractivity contribution in [3.05, 3.63) is 29.8 Å². The molecule has 8 nitrogen and oxygen atoms in total. The molecule has 1 saturated heterocycles. The topological polar surface area (TPSA) is 126 Å². The Labute approximate surface area is 132 Å². The monoisotopic (exact) mass is 326 g/mol. The van der Waals surface area contributed by atoms with E-state index >= 15 is 0 Å². The van der Waals surface area contributed by atoms with Crippen molar-refractivity contribution in [3.63, 3.8) is 0 Å². The summed E-state index contributed by atoms with van der Waals surface area (Å²) in [6, 6.07) is 4.50. The van der Waals surface area contributed by atoms with E-state index in [1.54, 1.807) is 6.07 Å². The number of carbonyl (C=O) groups is 1. The van der Waals surface area contributed by atoms with Crippen molar-refractivity contribution in [2.75, 3.05) is 13.7 Å². The summed E-state index contributed by atoms with van der Waals surface area (Å²) >= 11 is 0. The van der Waals surface area contributed by atoms with Gasteiger partial charge in [0.05, 0.1) is 13.7 Å². The van der Waals surface area contributed by atoms with Gasteiger partial charge in [0, 0.05) is 6.08 Å². The van der Waals surface area contributed by atoms with Crippen LogP contribution in [0, 0.1) is 0 Å². The number of phenolic OH excluding ortho intramolecular Hbond substituents is 1. The molecule has 1 aromatic rings. The quantitative estimate of drug-likeness (QED) is 0.417. The molecule has 1 aliphatic heterocycles. The Bertz CT molecular complexity index is 585. The van der Waals surface area contributed by atoms with Crippen LogP contribution in [0.2, 0.25) is 0 Å². The Kier molecular flexibility index (Phi) is 5.56. The van der Waals surface area contributed by atoms with Crippen LogP contribution in [0.15, 0.2) is 24.3 Å². The number of hydrogen-bond donors (Lipinski definition) is 4. The molecule has 8 heteroatoms. The third-order valence-electron chi connectivity index (χ3n) is 3.35. The molecule has 0 radical (unpaired) electrons. The van der Waals surface area contributed by atoms with Gasteiger partial charge in [0.1, 0.15) is 18.3 Å². The first kappa shape index (κ1) is 17.2. The molecule has 1 aromatic carbocycles. The van der Waals surface area contributed by atoms with E-state index < -0.39 is 37.2 Å². The lowest BCUT2D eigenvalue weighted by molar-refractivity contribution is -0.184. The van der Waals surface area contributed by atoms with E-state index in [0.29, 0.717) is 5.56 Å². The molecular weight excluding hydrogens is 308 g/mol. The van der Waals surface area contributed by atoms with Crippen LogP contribution >= 0.6 is 0 Å². The average molecular weight is 326 g/mol. The first-order chi connectivity index (χ1) is 11.0. The Morgan fingerprint density at radius 1 is 1.35 bits per heavy atom. The average Bonchev–Trinajstić information content (AvgIpc) is 2.82. The van der Waals surface area contributed by atoms with Gasteiger partial charge in [-0.25, -0.2) is 4.79 Å². The molecular formula is C15H18O8. The minimum absolute atomic E-state index is 0.0289. The molecule has 23 heavy (non-hydrogen) atoms. The largest absolute Gasteiger partial charge is 0.504 e. The third-order valence-corrected chi connectivity index (χ3v) is 3.35. The van der Waals surface area contributed by atoms with E-state index in [1.165, 1.54) is 25.3 Å². The summed E-state index contributed by atoms with van der Waals surface area (Å²) in [7, 11) is 1.40. The first-order valence-corrected chi connectivity index (χ1v) is 6.84. The molecule has 4 N–H and O–H groups in total. The summed E-state index contributed by atoms with van der Waals surface area (Å²) in [4.78, 5) is 11.7. The Morgan fingerprint density at radius 3 is 2.70 bits per heavy atom. The van der Waals surface area contributed by atoms with Gasteiger partial charge in [0.2, 0.25) is 6.29 Å². The van der Waals surface area contributed by atoms with Crippen LogP contribution in [0.1, 0.15) is 5.56 Å². The highest BCUT2D eigenvalue weighted by Crippen LogP contribution is 2.27. The number of methoxy groups -OCH3 is 1. The van der Waals surface area contributed by atoms with Gasteiger partial charge in [0.25, 0.3) is 0 Å².